The minimum atomic E-state index is -0.108. The zero-order chi connectivity index (χ0) is 11.8. The molecule has 0 amide bonds. The van der Waals surface area contributed by atoms with Crippen molar-refractivity contribution in [1.29, 1.82) is 0 Å². The van der Waals surface area contributed by atoms with Gasteiger partial charge in [-0.15, -0.1) is 0 Å². The molecular formula is C14H19FN2. The Morgan fingerprint density at radius 2 is 2.24 bits per heavy atom. The highest BCUT2D eigenvalue weighted by atomic mass is 19.1. The molecule has 1 saturated heterocycles. The van der Waals surface area contributed by atoms with Crippen LogP contribution in [0.15, 0.2) is 18.2 Å². The number of hydrogen-bond acceptors (Lipinski definition) is 2. The molecule has 2 aliphatic heterocycles. The number of fused-ring (bicyclic) bond motifs is 1. The van der Waals surface area contributed by atoms with Gasteiger partial charge >= 0.3 is 0 Å². The number of rotatable bonds is 1. The fourth-order valence-corrected chi connectivity index (χ4v) is 3.31. The zero-order valence-electron chi connectivity index (χ0n) is 10.2. The molecule has 17 heavy (non-hydrogen) atoms. The summed E-state index contributed by atoms with van der Waals surface area (Å²) >= 11 is 0. The van der Waals surface area contributed by atoms with Crippen LogP contribution in [0.1, 0.15) is 24.3 Å². The summed E-state index contributed by atoms with van der Waals surface area (Å²) in [6.45, 7) is 3.35. The Balaban J connectivity index is 1.90. The minimum Gasteiger partial charge on any atom is -0.385 e. The number of nitrogens with one attached hydrogen (secondary N) is 1. The van der Waals surface area contributed by atoms with Gasteiger partial charge in [-0.3, -0.25) is 0 Å². The zero-order valence-corrected chi connectivity index (χ0v) is 10.2. The SMILES string of the molecule is CN1CCC(C2CCNc3ccc(F)cc32)C1. The molecule has 1 aromatic carbocycles. The van der Waals surface area contributed by atoms with Crippen LogP contribution in [0.25, 0.3) is 0 Å². The molecule has 3 rings (SSSR count). The van der Waals surface area contributed by atoms with E-state index >= 15 is 0 Å². The van der Waals surface area contributed by atoms with E-state index in [0.29, 0.717) is 11.8 Å². The van der Waals surface area contributed by atoms with Crippen molar-refractivity contribution in [1.82, 2.24) is 4.90 Å². The molecule has 0 aliphatic carbocycles. The molecule has 92 valence electrons. The van der Waals surface area contributed by atoms with Crippen LogP contribution in [0, 0.1) is 11.7 Å². The molecule has 1 aromatic rings. The Hall–Kier alpha value is -1.09. The molecule has 1 N–H and O–H groups in total. The Labute approximate surface area is 102 Å². The van der Waals surface area contributed by atoms with Gasteiger partial charge in [0, 0.05) is 18.8 Å². The van der Waals surface area contributed by atoms with E-state index in [-0.39, 0.29) is 5.82 Å². The fraction of sp³-hybridized carbons (Fsp3) is 0.571. The number of halogens is 1. The van der Waals surface area contributed by atoms with Gasteiger partial charge in [0.2, 0.25) is 0 Å². The highest BCUT2D eigenvalue weighted by Crippen LogP contribution is 2.40. The maximum absolute atomic E-state index is 13.4. The van der Waals surface area contributed by atoms with Gasteiger partial charge in [-0.05, 0) is 62.0 Å². The lowest BCUT2D eigenvalue weighted by Crippen LogP contribution is -2.25. The van der Waals surface area contributed by atoms with Gasteiger partial charge in [0.05, 0.1) is 0 Å². The third-order valence-corrected chi connectivity index (χ3v) is 4.18. The highest BCUT2D eigenvalue weighted by molar-refractivity contribution is 5.55. The molecule has 0 bridgehead atoms. The first kappa shape index (κ1) is 11.0. The second-order valence-corrected chi connectivity index (χ2v) is 5.36. The van der Waals surface area contributed by atoms with E-state index in [1.54, 1.807) is 12.1 Å². The summed E-state index contributed by atoms with van der Waals surface area (Å²) in [6.07, 6.45) is 2.38. The normalized spacial score (nSPS) is 28.8. The molecule has 3 heteroatoms. The average Bonchev–Trinajstić information content (AvgIpc) is 2.75. The van der Waals surface area contributed by atoms with Crippen LogP contribution in [-0.4, -0.2) is 31.6 Å². The molecule has 2 atom stereocenters. The van der Waals surface area contributed by atoms with Crippen molar-refractivity contribution in [2.75, 3.05) is 32.0 Å². The third kappa shape index (κ3) is 2.04. The summed E-state index contributed by atoms with van der Waals surface area (Å²) < 4.78 is 13.4. The second kappa shape index (κ2) is 4.30. The molecule has 0 aromatic heterocycles. The van der Waals surface area contributed by atoms with Crippen LogP contribution in [0.5, 0.6) is 0 Å². The first-order valence-electron chi connectivity index (χ1n) is 6.46. The van der Waals surface area contributed by atoms with Crippen LogP contribution < -0.4 is 5.32 Å². The van der Waals surface area contributed by atoms with E-state index in [0.717, 1.165) is 25.2 Å². The van der Waals surface area contributed by atoms with E-state index in [1.165, 1.54) is 18.5 Å². The van der Waals surface area contributed by atoms with Crippen molar-refractivity contribution >= 4 is 5.69 Å². The lowest BCUT2D eigenvalue weighted by atomic mass is 9.80. The monoisotopic (exact) mass is 234 g/mol. The average molecular weight is 234 g/mol. The largest absolute Gasteiger partial charge is 0.385 e. The lowest BCUT2D eigenvalue weighted by molar-refractivity contribution is 0.361. The third-order valence-electron chi connectivity index (χ3n) is 4.18. The van der Waals surface area contributed by atoms with Crippen LogP contribution >= 0.6 is 0 Å². The molecule has 1 fully saturated rings. The number of likely N-dealkylation sites (tertiary alicyclic amines) is 1. The molecule has 2 heterocycles. The minimum absolute atomic E-state index is 0.108. The Kier molecular flexibility index (Phi) is 2.79. The smallest absolute Gasteiger partial charge is 0.123 e. The summed E-state index contributed by atoms with van der Waals surface area (Å²) in [4.78, 5) is 2.38. The van der Waals surface area contributed by atoms with Crippen molar-refractivity contribution in [2.24, 2.45) is 5.92 Å². The van der Waals surface area contributed by atoms with E-state index in [1.807, 2.05) is 6.07 Å². The van der Waals surface area contributed by atoms with E-state index < -0.39 is 0 Å². The first-order valence-corrected chi connectivity index (χ1v) is 6.46. The van der Waals surface area contributed by atoms with Crippen molar-refractivity contribution in [3.63, 3.8) is 0 Å². The summed E-state index contributed by atoms with van der Waals surface area (Å²) in [6, 6.07) is 5.16. The predicted molar refractivity (Wildman–Crippen MR) is 67.9 cm³/mol. The van der Waals surface area contributed by atoms with Crippen molar-refractivity contribution < 1.29 is 4.39 Å². The van der Waals surface area contributed by atoms with Crippen LogP contribution in [0.2, 0.25) is 0 Å². The van der Waals surface area contributed by atoms with Gasteiger partial charge in [-0.25, -0.2) is 4.39 Å². The number of benzene rings is 1. The Morgan fingerprint density at radius 1 is 1.35 bits per heavy atom. The highest BCUT2D eigenvalue weighted by Gasteiger charge is 2.31. The summed E-state index contributed by atoms with van der Waals surface area (Å²) in [5.74, 6) is 1.12. The first-order chi connectivity index (χ1) is 8.24. The maximum atomic E-state index is 13.4. The van der Waals surface area contributed by atoms with Crippen LogP contribution in [0.4, 0.5) is 10.1 Å². The van der Waals surface area contributed by atoms with Crippen molar-refractivity contribution in [3.8, 4) is 0 Å². The standard InChI is InChI=1S/C14H19FN2/c1-17-7-5-10(9-17)12-4-6-16-14-3-2-11(15)8-13(12)14/h2-3,8,10,12,16H,4-7,9H2,1H3. The van der Waals surface area contributed by atoms with Crippen molar-refractivity contribution in [3.05, 3.63) is 29.6 Å². The molecule has 0 spiro atoms. The molecule has 0 radical (unpaired) electrons. The maximum Gasteiger partial charge on any atom is 0.123 e. The number of hydrogen-bond donors (Lipinski definition) is 1. The van der Waals surface area contributed by atoms with Crippen molar-refractivity contribution in [2.45, 2.75) is 18.8 Å². The van der Waals surface area contributed by atoms with Gasteiger partial charge in [0.15, 0.2) is 0 Å². The summed E-state index contributed by atoms with van der Waals surface area (Å²) in [5, 5.41) is 3.37. The van der Waals surface area contributed by atoms with Gasteiger partial charge < -0.3 is 10.2 Å². The second-order valence-electron chi connectivity index (χ2n) is 5.36. The van der Waals surface area contributed by atoms with Gasteiger partial charge in [-0.1, -0.05) is 0 Å². The molecule has 2 unspecified atom stereocenters. The number of anilines is 1. The molecule has 0 saturated carbocycles. The van der Waals surface area contributed by atoms with Crippen LogP contribution in [0.3, 0.4) is 0 Å². The Bertz CT molecular complexity index is 419. The fourth-order valence-electron chi connectivity index (χ4n) is 3.31. The van der Waals surface area contributed by atoms with Gasteiger partial charge in [0.1, 0.15) is 5.82 Å². The Morgan fingerprint density at radius 3 is 3.00 bits per heavy atom. The van der Waals surface area contributed by atoms with Crippen LogP contribution in [-0.2, 0) is 0 Å². The topological polar surface area (TPSA) is 15.3 Å². The number of nitrogens with zero attached hydrogens (tertiary/aromatic N) is 1. The van der Waals surface area contributed by atoms with E-state index in [4.69, 9.17) is 0 Å². The predicted octanol–water partition coefficient (Wildman–Crippen LogP) is 2.68. The van der Waals surface area contributed by atoms with Gasteiger partial charge in [0.25, 0.3) is 0 Å². The molecular weight excluding hydrogens is 215 g/mol. The lowest BCUT2D eigenvalue weighted by Gasteiger charge is -2.31. The summed E-state index contributed by atoms with van der Waals surface area (Å²) in [5.41, 5.74) is 2.33. The molecule has 2 aliphatic rings. The molecule has 2 nitrogen and oxygen atoms in total. The quantitative estimate of drug-likeness (QED) is 0.803. The van der Waals surface area contributed by atoms with E-state index in [9.17, 15) is 4.39 Å². The summed E-state index contributed by atoms with van der Waals surface area (Å²) in [7, 11) is 2.17. The van der Waals surface area contributed by atoms with Gasteiger partial charge in [-0.2, -0.15) is 0 Å². The van der Waals surface area contributed by atoms with E-state index in [2.05, 4.69) is 17.3 Å².